The first kappa shape index (κ1) is 16.3. The lowest BCUT2D eigenvalue weighted by atomic mass is 10.2. The lowest BCUT2D eigenvalue weighted by Crippen LogP contribution is -2.20. The number of amides is 1. The van der Waals surface area contributed by atoms with Crippen LogP contribution < -0.4 is 5.32 Å². The number of hydrogen-bond donors (Lipinski definition) is 1. The van der Waals surface area contributed by atoms with Crippen molar-refractivity contribution >= 4 is 17.7 Å². The van der Waals surface area contributed by atoms with Gasteiger partial charge in [0, 0.05) is 7.05 Å². The van der Waals surface area contributed by atoms with Crippen molar-refractivity contribution < 1.29 is 9.21 Å². The molecule has 0 atom stereocenters. The molecule has 0 bridgehead atoms. The molecule has 124 valence electrons. The smallest absolute Gasteiger partial charge is 0.230 e. The van der Waals surface area contributed by atoms with Crippen molar-refractivity contribution in [1.29, 1.82) is 0 Å². The molecule has 0 aliphatic rings. The van der Waals surface area contributed by atoms with Crippen molar-refractivity contribution in [3.8, 4) is 11.4 Å². The molecule has 1 amide bonds. The van der Waals surface area contributed by atoms with Gasteiger partial charge >= 0.3 is 0 Å². The Morgan fingerprint density at radius 2 is 2.04 bits per heavy atom. The molecule has 0 unspecified atom stereocenters. The van der Waals surface area contributed by atoms with Crippen LogP contribution in [0.5, 0.6) is 0 Å². The van der Waals surface area contributed by atoms with E-state index in [1.54, 1.807) is 13.3 Å². The van der Waals surface area contributed by atoms with Gasteiger partial charge in [-0.1, -0.05) is 42.1 Å². The molecule has 2 aromatic heterocycles. The van der Waals surface area contributed by atoms with Gasteiger partial charge < -0.3 is 9.73 Å². The first-order valence-electron chi connectivity index (χ1n) is 7.54. The largest absolute Gasteiger partial charge is 0.469 e. The molecule has 0 saturated carbocycles. The lowest BCUT2D eigenvalue weighted by molar-refractivity contribution is -0.118. The molecule has 1 aromatic carbocycles. The second-order valence-corrected chi connectivity index (χ2v) is 6.17. The fourth-order valence-electron chi connectivity index (χ4n) is 2.32. The number of thioether (sulfide) groups is 1. The Hall–Kier alpha value is -2.54. The number of carbonyl (C=O) groups is 1. The van der Waals surface area contributed by atoms with Crippen LogP contribution in [0, 0.1) is 6.92 Å². The predicted octanol–water partition coefficient (Wildman–Crippen LogP) is 2.73. The average Bonchev–Trinajstić information content (AvgIpc) is 3.19. The minimum atomic E-state index is -0.0460. The summed E-state index contributed by atoms with van der Waals surface area (Å²) in [5.74, 6) is 1.78. The van der Waals surface area contributed by atoms with Crippen LogP contribution in [0.4, 0.5) is 0 Å². The quantitative estimate of drug-likeness (QED) is 0.697. The van der Waals surface area contributed by atoms with Crippen LogP contribution in [0.15, 0.2) is 52.2 Å². The van der Waals surface area contributed by atoms with Gasteiger partial charge in [0.25, 0.3) is 0 Å². The summed E-state index contributed by atoms with van der Waals surface area (Å²) in [6.07, 6.45) is 1.64. The highest BCUT2D eigenvalue weighted by atomic mass is 32.2. The number of aromatic nitrogens is 3. The van der Waals surface area contributed by atoms with Gasteiger partial charge in [0.05, 0.1) is 24.1 Å². The Labute approximate surface area is 144 Å². The monoisotopic (exact) mass is 342 g/mol. The molecular weight excluding hydrogens is 324 g/mol. The van der Waals surface area contributed by atoms with Gasteiger partial charge in [-0.05, 0) is 18.6 Å². The number of hydrogen-bond acceptors (Lipinski definition) is 5. The average molecular weight is 342 g/mol. The van der Waals surface area contributed by atoms with Crippen molar-refractivity contribution in [2.45, 2.75) is 18.6 Å². The first-order chi connectivity index (χ1) is 11.7. The first-order valence-corrected chi connectivity index (χ1v) is 8.52. The molecule has 0 spiro atoms. The van der Waals surface area contributed by atoms with E-state index in [0.717, 1.165) is 22.7 Å². The molecule has 0 saturated heterocycles. The number of rotatable bonds is 6. The van der Waals surface area contributed by atoms with Crippen LogP contribution in [0.1, 0.15) is 11.3 Å². The number of carbonyl (C=O) groups excluding carboxylic acids is 1. The predicted molar refractivity (Wildman–Crippen MR) is 92.8 cm³/mol. The Morgan fingerprint density at radius 1 is 1.25 bits per heavy atom. The maximum Gasteiger partial charge on any atom is 0.230 e. The third-order valence-corrected chi connectivity index (χ3v) is 4.58. The van der Waals surface area contributed by atoms with Crippen LogP contribution in [0.3, 0.4) is 0 Å². The summed E-state index contributed by atoms with van der Waals surface area (Å²) in [7, 11) is 1.62. The van der Waals surface area contributed by atoms with Gasteiger partial charge in [0.1, 0.15) is 5.76 Å². The molecule has 3 aromatic rings. The summed E-state index contributed by atoms with van der Waals surface area (Å²) in [5, 5.41) is 11.9. The van der Waals surface area contributed by atoms with E-state index >= 15 is 0 Å². The molecule has 6 nitrogen and oxygen atoms in total. The molecule has 3 rings (SSSR count). The zero-order chi connectivity index (χ0) is 16.9. The van der Waals surface area contributed by atoms with Gasteiger partial charge in [-0.25, -0.2) is 0 Å². The number of furan rings is 1. The van der Waals surface area contributed by atoms with Crippen molar-refractivity contribution in [3.63, 3.8) is 0 Å². The normalized spacial score (nSPS) is 10.8. The molecule has 24 heavy (non-hydrogen) atoms. The van der Waals surface area contributed by atoms with E-state index in [-0.39, 0.29) is 5.91 Å². The number of benzene rings is 1. The van der Waals surface area contributed by atoms with E-state index in [1.165, 1.54) is 11.8 Å². The van der Waals surface area contributed by atoms with Gasteiger partial charge in [0.2, 0.25) is 5.91 Å². The topological polar surface area (TPSA) is 73.0 Å². The number of nitrogens with zero attached hydrogens (tertiary/aromatic N) is 3. The van der Waals surface area contributed by atoms with Gasteiger partial charge in [0.15, 0.2) is 11.0 Å². The standard InChI is InChI=1S/C17H18N4O2S/c1-12-14(8-9-23-12)16-19-20-17(24-11-15(22)18-2)21(16)10-13-6-4-3-5-7-13/h3-9H,10-11H2,1-2H3,(H,18,22). The molecule has 0 aliphatic carbocycles. The Kier molecular flexibility index (Phi) is 5.00. The van der Waals surface area contributed by atoms with E-state index < -0.39 is 0 Å². The second-order valence-electron chi connectivity index (χ2n) is 5.23. The van der Waals surface area contributed by atoms with Crippen LogP contribution in [-0.2, 0) is 11.3 Å². The summed E-state index contributed by atoms with van der Waals surface area (Å²) in [4.78, 5) is 11.5. The van der Waals surface area contributed by atoms with Gasteiger partial charge in [-0.3, -0.25) is 9.36 Å². The summed E-state index contributed by atoms with van der Waals surface area (Å²) in [5.41, 5.74) is 2.05. The molecular formula is C17H18N4O2S. The van der Waals surface area contributed by atoms with E-state index in [9.17, 15) is 4.79 Å². The number of nitrogens with one attached hydrogen (secondary N) is 1. The van der Waals surface area contributed by atoms with E-state index in [2.05, 4.69) is 27.6 Å². The summed E-state index contributed by atoms with van der Waals surface area (Å²) in [6, 6.07) is 12.0. The van der Waals surface area contributed by atoms with Crippen LogP contribution in [0.25, 0.3) is 11.4 Å². The zero-order valence-corrected chi connectivity index (χ0v) is 14.3. The Balaban J connectivity index is 1.95. The molecule has 7 heteroatoms. The van der Waals surface area contributed by atoms with E-state index in [1.807, 2.05) is 35.8 Å². The van der Waals surface area contributed by atoms with Crippen molar-refractivity contribution in [3.05, 3.63) is 54.0 Å². The highest BCUT2D eigenvalue weighted by Crippen LogP contribution is 2.27. The summed E-state index contributed by atoms with van der Waals surface area (Å²) < 4.78 is 7.41. The lowest BCUT2D eigenvalue weighted by Gasteiger charge is -2.10. The molecule has 2 heterocycles. The van der Waals surface area contributed by atoms with Gasteiger partial charge in [-0.2, -0.15) is 0 Å². The third-order valence-electron chi connectivity index (χ3n) is 3.61. The minimum absolute atomic E-state index is 0.0460. The maximum atomic E-state index is 11.5. The van der Waals surface area contributed by atoms with Gasteiger partial charge in [-0.15, -0.1) is 10.2 Å². The summed E-state index contributed by atoms with van der Waals surface area (Å²) in [6.45, 7) is 2.53. The molecule has 0 aliphatic heterocycles. The van der Waals surface area contributed by atoms with E-state index in [0.29, 0.717) is 17.5 Å². The third kappa shape index (κ3) is 3.51. The second kappa shape index (κ2) is 7.35. The summed E-state index contributed by atoms with van der Waals surface area (Å²) >= 11 is 1.37. The minimum Gasteiger partial charge on any atom is -0.469 e. The van der Waals surface area contributed by atoms with Crippen molar-refractivity contribution in [1.82, 2.24) is 20.1 Å². The molecule has 0 fully saturated rings. The fraction of sp³-hybridized carbons (Fsp3) is 0.235. The Morgan fingerprint density at radius 3 is 2.71 bits per heavy atom. The fourth-order valence-corrected chi connectivity index (χ4v) is 3.13. The Bertz CT molecular complexity index is 826. The SMILES string of the molecule is CNC(=O)CSc1nnc(-c2ccoc2C)n1Cc1ccccc1. The van der Waals surface area contributed by atoms with Crippen LogP contribution in [0.2, 0.25) is 0 Å². The van der Waals surface area contributed by atoms with Crippen LogP contribution >= 0.6 is 11.8 Å². The number of aryl methyl sites for hydroxylation is 1. The highest BCUT2D eigenvalue weighted by molar-refractivity contribution is 7.99. The highest BCUT2D eigenvalue weighted by Gasteiger charge is 2.18. The van der Waals surface area contributed by atoms with E-state index in [4.69, 9.17) is 4.42 Å². The molecule has 1 N–H and O–H groups in total. The van der Waals surface area contributed by atoms with Crippen molar-refractivity contribution in [2.24, 2.45) is 0 Å². The van der Waals surface area contributed by atoms with Crippen molar-refractivity contribution in [2.75, 3.05) is 12.8 Å². The maximum absolute atomic E-state index is 11.5. The zero-order valence-electron chi connectivity index (χ0n) is 13.5. The molecule has 0 radical (unpaired) electrons. The van der Waals surface area contributed by atoms with Crippen LogP contribution in [-0.4, -0.2) is 33.5 Å².